The summed E-state index contributed by atoms with van der Waals surface area (Å²) in [5.74, 6) is 2.32. The molecular formula is C14H21N3O2S2. The zero-order chi connectivity index (χ0) is 15.3. The first-order chi connectivity index (χ1) is 9.99. The summed E-state index contributed by atoms with van der Waals surface area (Å²) >= 11 is 1.93. The maximum atomic E-state index is 12.3. The van der Waals surface area contributed by atoms with E-state index < -0.39 is 9.84 Å². The molecule has 1 aliphatic heterocycles. The molecule has 0 amide bonds. The minimum atomic E-state index is -3.27. The third-order valence-electron chi connectivity index (χ3n) is 3.52. The molecule has 0 unspecified atom stereocenters. The average Bonchev–Trinajstić information content (AvgIpc) is 2.74. The van der Waals surface area contributed by atoms with Crippen molar-refractivity contribution in [2.75, 3.05) is 36.9 Å². The molecule has 2 rings (SSSR count). The summed E-state index contributed by atoms with van der Waals surface area (Å²) in [6.45, 7) is 2.52. The highest BCUT2D eigenvalue weighted by Crippen LogP contribution is 2.14. The number of nitrogens with zero attached hydrogens (tertiary/aromatic N) is 1. The van der Waals surface area contributed by atoms with Gasteiger partial charge in [-0.25, -0.2) is 8.42 Å². The van der Waals surface area contributed by atoms with E-state index in [9.17, 15) is 8.42 Å². The molecule has 1 saturated heterocycles. The topological polar surface area (TPSA) is 87.2 Å². The molecule has 1 aromatic carbocycles. The third-order valence-corrected chi connectivity index (χ3v) is 6.27. The largest absolute Gasteiger partial charge is 0.384 e. The van der Waals surface area contributed by atoms with Crippen LogP contribution in [0.4, 0.5) is 0 Å². The van der Waals surface area contributed by atoms with Crippen LogP contribution < -0.4 is 5.73 Å². The number of hydrogen-bond donors (Lipinski definition) is 2. The molecule has 0 bridgehead atoms. The van der Waals surface area contributed by atoms with Crippen LogP contribution in [-0.2, 0) is 9.84 Å². The smallest absolute Gasteiger partial charge is 0.179 e. The summed E-state index contributed by atoms with van der Waals surface area (Å²) in [6, 6.07) is 6.23. The summed E-state index contributed by atoms with van der Waals surface area (Å²) in [6.07, 6.45) is 1.12. The monoisotopic (exact) mass is 327 g/mol. The zero-order valence-corrected chi connectivity index (χ0v) is 13.5. The van der Waals surface area contributed by atoms with Crippen molar-refractivity contribution in [2.24, 2.45) is 5.73 Å². The van der Waals surface area contributed by atoms with Gasteiger partial charge in [0, 0.05) is 24.4 Å². The van der Waals surface area contributed by atoms with E-state index in [1.807, 2.05) is 11.8 Å². The maximum absolute atomic E-state index is 12.3. The lowest BCUT2D eigenvalue weighted by molar-refractivity contribution is 0.312. The van der Waals surface area contributed by atoms with Gasteiger partial charge in [0.25, 0.3) is 0 Å². The number of nitrogens with two attached hydrogens (primary N) is 1. The molecule has 0 radical (unpaired) electrons. The summed E-state index contributed by atoms with van der Waals surface area (Å²) < 4.78 is 24.7. The van der Waals surface area contributed by atoms with Crippen LogP contribution >= 0.6 is 11.8 Å². The van der Waals surface area contributed by atoms with Crippen molar-refractivity contribution in [3.05, 3.63) is 29.8 Å². The molecule has 3 N–H and O–H groups in total. The van der Waals surface area contributed by atoms with Gasteiger partial charge in [-0.2, -0.15) is 11.8 Å². The minimum Gasteiger partial charge on any atom is -0.384 e. The number of rotatable bonds is 5. The zero-order valence-electron chi connectivity index (χ0n) is 11.9. The Labute approximate surface area is 130 Å². The number of sulfone groups is 1. The first kappa shape index (κ1) is 16.3. The van der Waals surface area contributed by atoms with Gasteiger partial charge in [-0.05, 0) is 30.9 Å². The summed E-state index contributed by atoms with van der Waals surface area (Å²) in [4.78, 5) is 2.53. The number of benzene rings is 1. The van der Waals surface area contributed by atoms with E-state index in [1.54, 1.807) is 12.1 Å². The van der Waals surface area contributed by atoms with Crippen LogP contribution in [-0.4, -0.2) is 56.0 Å². The molecule has 0 aromatic heterocycles. The second-order valence-corrected chi connectivity index (χ2v) is 8.40. The number of hydrogen-bond acceptors (Lipinski definition) is 5. The van der Waals surface area contributed by atoms with Crippen LogP contribution in [0.5, 0.6) is 0 Å². The van der Waals surface area contributed by atoms with Gasteiger partial charge < -0.3 is 10.6 Å². The molecule has 1 aromatic rings. The highest BCUT2D eigenvalue weighted by atomic mass is 32.2. The third kappa shape index (κ3) is 4.72. The molecule has 1 fully saturated rings. The van der Waals surface area contributed by atoms with Crippen LogP contribution in [0.1, 0.15) is 12.0 Å². The predicted octanol–water partition coefficient (Wildman–Crippen LogP) is 1.18. The Hall–Kier alpha value is -1.05. The Kier molecular flexibility index (Phi) is 5.66. The van der Waals surface area contributed by atoms with E-state index in [0.29, 0.717) is 17.0 Å². The van der Waals surface area contributed by atoms with Crippen molar-refractivity contribution < 1.29 is 8.42 Å². The minimum absolute atomic E-state index is 0.0546. The van der Waals surface area contributed by atoms with Crippen molar-refractivity contribution >= 4 is 27.4 Å². The van der Waals surface area contributed by atoms with Crippen LogP contribution in [0.15, 0.2) is 29.2 Å². The second-order valence-electron chi connectivity index (χ2n) is 5.06. The number of nitrogen functional groups attached to an aromatic ring is 1. The van der Waals surface area contributed by atoms with Crippen LogP contribution in [0.25, 0.3) is 0 Å². The Morgan fingerprint density at radius 1 is 1.24 bits per heavy atom. The van der Waals surface area contributed by atoms with Crippen LogP contribution in [0, 0.1) is 5.41 Å². The van der Waals surface area contributed by atoms with Crippen molar-refractivity contribution in [1.82, 2.24) is 4.90 Å². The van der Waals surface area contributed by atoms with Crippen molar-refractivity contribution in [1.29, 1.82) is 5.41 Å². The Morgan fingerprint density at radius 2 is 1.95 bits per heavy atom. The van der Waals surface area contributed by atoms with Crippen molar-refractivity contribution in [3.63, 3.8) is 0 Å². The molecule has 5 nitrogen and oxygen atoms in total. The van der Waals surface area contributed by atoms with E-state index in [2.05, 4.69) is 4.90 Å². The van der Waals surface area contributed by atoms with Gasteiger partial charge in [0.1, 0.15) is 5.84 Å². The van der Waals surface area contributed by atoms with Gasteiger partial charge in [-0.15, -0.1) is 0 Å². The van der Waals surface area contributed by atoms with E-state index in [-0.39, 0.29) is 11.6 Å². The van der Waals surface area contributed by atoms with E-state index in [1.165, 1.54) is 12.1 Å². The lowest BCUT2D eigenvalue weighted by Gasteiger charge is -2.19. The Bertz CT molecular complexity index is 577. The number of thioether (sulfide) groups is 1. The molecule has 7 heteroatoms. The fraction of sp³-hybridized carbons (Fsp3) is 0.500. The summed E-state index contributed by atoms with van der Waals surface area (Å²) in [7, 11) is -3.27. The highest BCUT2D eigenvalue weighted by molar-refractivity contribution is 7.99. The molecule has 0 atom stereocenters. The fourth-order valence-electron chi connectivity index (χ4n) is 2.23. The van der Waals surface area contributed by atoms with Gasteiger partial charge in [0.15, 0.2) is 9.84 Å². The Balaban J connectivity index is 1.98. The quantitative estimate of drug-likeness (QED) is 0.626. The van der Waals surface area contributed by atoms with Gasteiger partial charge in [0.2, 0.25) is 0 Å². The van der Waals surface area contributed by atoms with Crippen LogP contribution in [0.2, 0.25) is 0 Å². The van der Waals surface area contributed by atoms with Crippen molar-refractivity contribution in [3.8, 4) is 0 Å². The molecule has 1 aliphatic rings. The second kappa shape index (κ2) is 7.29. The fourth-order valence-corrected chi connectivity index (χ4v) is 4.44. The molecule has 1 heterocycles. The van der Waals surface area contributed by atoms with Gasteiger partial charge in [0.05, 0.1) is 10.6 Å². The van der Waals surface area contributed by atoms with Crippen molar-refractivity contribution in [2.45, 2.75) is 11.3 Å². The first-order valence-corrected chi connectivity index (χ1v) is 9.77. The van der Waals surface area contributed by atoms with Gasteiger partial charge in [-0.1, -0.05) is 12.1 Å². The number of amidine groups is 1. The Morgan fingerprint density at radius 3 is 2.62 bits per heavy atom. The highest BCUT2D eigenvalue weighted by Gasteiger charge is 2.17. The van der Waals surface area contributed by atoms with E-state index in [0.717, 1.165) is 31.0 Å². The SMILES string of the molecule is N=C(N)c1ccc(S(=O)(=O)CCN2CCCSCC2)cc1. The predicted molar refractivity (Wildman–Crippen MR) is 87.9 cm³/mol. The van der Waals surface area contributed by atoms with E-state index >= 15 is 0 Å². The van der Waals surface area contributed by atoms with E-state index in [4.69, 9.17) is 11.1 Å². The maximum Gasteiger partial charge on any atom is 0.179 e. The molecule has 116 valence electrons. The molecular weight excluding hydrogens is 306 g/mol. The summed E-state index contributed by atoms with van der Waals surface area (Å²) in [5, 5.41) is 7.32. The molecule has 21 heavy (non-hydrogen) atoms. The normalized spacial score (nSPS) is 17.3. The summed E-state index contributed by atoms with van der Waals surface area (Å²) in [5.41, 5.74) is 5.91. The lowest BCUT2D eigenvalue weighted by atomic mass is 10.2. The molecule has 0 saturated carbocycles. The van der Waals surface area contributed by atoms with Gasteiger partial charge in [-0.3, -0.25) is 5.41 Å². The average molecular weight is 327 g/mol. The lowest BCUT2D eigenvalue weighted by Crippen LogP contribution is -2.31. The number of nitrogens with one attached hydrogen (secondary N) is 1. The standard InChI is InChI=1S/C14H21N3O2S2/c15-14(16)12-2-4-13(5-3-12)21(18,19)11-8-17-6-1-9-20-10-7-17/h2-5H,1,6-11H2,(H3,15,16). The molecule has 0 aliphatic carbocycles. The van der Waals surface area contributed by atoms with Gasteiger partial charge >= 0.3 is 0 Å². The molecule has 0 spiro atoms. The first-order valence-electron chi connectivity index (χ1n) is 6.96. The van der Waals surface area contributed by atoms with Crippen LogP contribution in [0.3, 0.4) is 0 Å².